The monoisotopic (exact) mass is 324 g/mol. The summed E-state index contributed by atoms with van der Waals surface area (Å²) in [5, 5.41) is 6.07. The van der Waals surface area contributed by atoms with E-state index in [0.717, 1.165) is 22.2 Å². The molecule has 0 amide bonds. The molecule has 3 aromatic rings. The van der Waals surface area contributed by atoms with Crippen LogP contribution in [-0.2, 0) is 6.54 Å². The number of fused-ring (bicyclic) bond motifs is 1. The number of benzene rings is 2. The Morgan fingerprint density at radius 3 is 2.60 bits per heavy atom. The zero-order chi connectivity index (χ0) is 14.1. The molecule has 5 heteroatoms. The fourth-order valence-corrected chi connectivity index (χ4v) is 2.77. The second kappa shape index (κ2) is 5.57. The maximum Gasteiger partial charge on any atom is 0.0657 e. The number of rotatable bonds is 3. The lowest BCUT2D eigenvalue weighted by atomic mass is 10.2. The van der Waals surface area contributed by atoms with Crippen molar-refractivity contribution in [3.8, 4) is 0 Å². The summed E-state index contributed by atoms with van der Waals surface area (Å²) in [5.41, 5.74) is 2.91. The van der Waals surface area contributed by atoms with Crippen molar-refractivity contribution in [1.29, 1.82) is 0 Å². The summed E-state index contributed by atoms with van der Waals surface area (Å²) in [6, 6.07) is 11.6. The average molecular weight is 326 g/mol. The quantitative estimate of drug-likeness (QED) is 0.590. The minimum absolute atomic E-state index is 0.495. The van der Waals surface area contributed by atoms with Crippen molar-refractivity contribution >= 4 is 51.4 Å². The van der Waals surface area contributed by atoms with Gasteiger partial charge in [-0.2, -0.15) is 0 Å². The number of H-pyrrole nitrogens is 1. The Hall–Kier alpha value is -1.35. The zero-order valence-electron chi connectivity index (χ0n) is 10.4. The summed E-state index contributed by atoms with van der Waals surface area (Å²) in [5.74, 6) is 0. The molecular formula is C15H11Cl3N2. The molecule has 0 aliphatic heterocycles. The van der Waals surface area contributed by atoms with Crippen LogP contribution in [0.15, 0.2) is 42.6 Å². The van der Waals surface area contributed by atoms with Crippen LogP contribution in [0.4, 0.5) is 5.69 Å². The van der Waals surface area contributed by atoms with Gasteiger partial charge in [0.05, 0.1) is 10.0 Å². The molecule has 0 spiro atoms. The Balaban J connectivity index is 1.84. The second-order valence-electron chi connectivity index (χ2n) is 4.45. The largest absolute Gasteiger partial charge is 0.381 e. The van der Waals surface area contributed by atoms with Gasteiger partial charge < -0.3 is 10.3 Å². The zero-order valence-corrected chi connectivity index (χ0v) is 12.7. The predicted octanol–water partition coefficient (Wildman–Crippen LogP) is 5.74. The first kappa shape index (κ1) is 13.6. The highest BCUT2D eigenvalue weighted by atomic mass is 35.5. The molecule has 0 aliphatic rings. The average Bonchev–Trinajstić information content (AvgIpc) is 2.90. The van der Waals surface area contributed by atoms with Crippen molar-refractivity contribution in [2.24, 2.45) is 0 Å². The van der Waals surface area contributed by atoms with Crippen LogP contribution in [0.5, 0.6) is 0 Å². The third-order valence-electron chi connectivity index (χ3n) is 3.16. The van der Waals surface area contributed by atoms with Gasteiger partial charge in [0.2, 0.25) is 0 Å². The maximum atomic E-state index is 6.18. The van der Waals surface area contributed by atoms with Gasteiger partial charge in [0.1, 0.15) is 0 Å². The molecule has 0 bridgehead atoms. The van der Waals surface area contributed by atoms with Crippen molar-refractivity contribution in [1.82, 2.24) is 4.98 Å². The third kappa shape index (κ3) is 2.59. The number of anilines is 1. The van der Waals surface area contributed by atoms with Gasteiger partial charge >= 0.3 is 0 Å². The number of hydrogen-bond donors (Lipinski definition) is 2. The molecule has 0 saturated carbocycles. The van der Waals surface area contributed by atoms with Crippen LogP contribution in [0.25, 0.3) is 10.9 Å². The summed E-state index contributed by atoms with van der Waals surface area (Å²) in [7, 11) is 0. The molecular weight excluding hydrogens is 315 g/mol. The van der Waals surface area contributed by atoms with Crippen LogP contribution >= 0.6 is 34.8 Å². The number of halogens is 3. The molecule has 1 aromatic heterocycles. The lowest BCUT2D eigenvalue weighted by molar-refractivity contribution is 1.15. The molecule has 0 atom stereocenters. The summed E-state index contributed by atoms with van der Waals surface area (Å²) < 4.78 is 0. The molecule has 0 unspecified atom stereocenters. The topological polar surface area (TPSA) is 27.8 Å². The van der Waals surface area contributed by atoms with Gasteiger partial charge in [-0.05, 0) is 36.4 Å². The highest BCUT2D eigenvalue weighted by molar-refractivity contribution is 6.44. The maximum absolute atomic E-state index is 6.18. The fraction of sp³-hybridized carbons (Fsp3) is 0.0667. The summed E-state index contributed by atoms with van der Waals surface area (Å²) in [6.07, 6.45) is 1.92. The van der Waals surface area contributed by atoms with Crippen LogP contribution < -0.4 is 5.32 Å². The van der Waals surface area contributed by atoms with Gasteiger partial charge in [0.15, 0.2) is 0 Å². The standard InChI is InChI=1S/C15H11Cl3N2/c16-12-2-3-13(17)15(18)11(12)8-20-10-1-4-14-9(7-10)5-6-19-14/h1-7,19-20H,8H2. The van der Waals surface area contributed by atoms with Crippen LogP contribution in [0.2, 0.25) is 15.1 Å². The molecule has 0 radical (unpaired) electrons. The number of aromatic nitrogens is 1. The lowest BCUT2D eigenvalue weighted by Crippen LogP contribution is -2.01. The van der Waals surface area contributed by atoms with Gasteiger partial charge in [0.25, 0.3) is 0 Å². The van der Waals surface area contributed by atoms with Crippen molar-refractivity contribution in [2.75, 3.05) is 5.32 Å². The Bertz CT molecular complexity index is 765. The van der Waals surface area contributed by atoms with E-state index in [1.165, 1.54) is 0 Å². The Kier molecular flexibility index (Phi) is 3.79. The van der Waals surface area contributed by atoms with E-state index < -0.39 is 0 Å². The van der Waals surface area contributed by atoms with Gasteiger partial charge in [-0.1, -0.05) is 34.8 Å². The van der Waals surface area contributed by atoms with Crippen LogP contribution in [0.3, 0.4) is 0 Å². The van der Waals surface area contributed by atoms with Crippen molar-refractivity contribution in [3.05, 3.63) is 63.2 Å². The number of aromatic amines is 1. The molecule has 0 saturated heterocycles. The minimum Gasteiger partial charge on any atom is -0.381 e. The number of hydrogen-bond acceptors (Lipinski definition) is 1. The van der Waals surface area contributed by atoms with Crippen molar-refractivity contribution in [3.63, 3.8) is 0 Å². The summed E-state index contributed by atoms with van der Waals surface area (Å²) in [4.78, 5) is 3.16. The first-order valence-electron chi connectivity index (χ1n) is 6.08. The first-order valence-corrected chi connectivity index (χ1v) is 7.22. The molecule has 2 nitrogen and oxygen atoms in total. The highest BCUT2D eigenvalue weighted by Gasteiger charge is 2.09. The smallest absolute Gasteiger partial charge is 0.0657 e. The van der Waals surface area contributed by atoms with E-state index in [4.69, 9.17) is 34.8 Å². The molecule has 0 aliphatic carbocycles. The molecule has 2 N–H and O–H groups in total. The normalized spacial score (nSPS) is 10.9. The van der Waals surface area contributed by atoms with E-state index in [9.17, 15) is 0 Å². The van der Waals surface area contributed by atoms with E-state index >= 15 is 0 Å². The lowest BCUT2D eigenvalue weighted by Gasteiger charge is -2.11. The first-order chi connectivity index (χ1) is 9.65. The molecule has 3 rings (SSSR count). The molecule has 102 valence electrons. The van der Waals surface area contributed by atoms with Gasteiger partial charge in [-0.3, -0.25) is 0 Å². The summed E-state index contributed by atoms with van der Waals surface area (Å²) in [6.45, 7) is 0.522. The third-order valence-corrected chi connectivity index (χ3v) is 4.36. The highest BCUT2D eigenvalue weighted by Crippen LogP contribution is 2.32. The Labute approximate surface area is 131 Å². The van der Waals surface area contributed by atoms with E-state index in [2.05, 4.69) is 16.4 Å². The van der Waals surface area contributed by atoms with Crippen molar-refractivity contribution in [2.45, 2.75) is 6.54 Å². The second-order valence-corrected chi connectivity index (χ2v) is 5.65. The minimum atomic E-state index is 0.495. The molecule has 20 heavy (non-hydrogen) atoms. The van der Waals surface area contributed by atoms with E-state index in [1.54, 1.807) is 12.1 Å². The molecule has 2 aromatic carbocycles. The number of nitrogens with one attached hydrogen (secondary N) is 2. The van der Waals surface area contributed by atoms with E-state index in [0.29, 0.717) is 21.6 Å². The van der Waals surface area contributed by atoms with Gasteiger partial charge in [-0.15, -0.1) is 0 Å². The summed E-state index contributed by atoms with van der Waals surface area (Å²) >= 11 is 18.3. The van der Waals surface area contributed by atoms with Crippen LogP contribution in [-0.4, -0.2) is 4.98 Å². The molecule has 0 fully saturated rings. The van der Waals surface area contributed by atoms with Crippen molar-refractivity contribution < 1.29 is 0 Å². The predicted molar refractivity (Wildman–Crippen MR) is 87.1 cm³/mol. The Morgan fingerprint density at radius 2 is 1.75 bits per heavy atom. The Morgan fingerprint density at radius 1 is 0.950 bits per heavy atom. The van der Waals surface area contributed by atoms with Crippen LogP contribution in [0, 0.1) is 0 Å². The molecule has 1 heterocycles. The van der Waals surface area contributed by atoms with Crippen LogP contribution in [0.1, 0.15) is 5.56 Å². The fourth-order valence-electron chi connectivity index (χ4n) is 2.08. The van der Waals surface area contributed by atoms with Gasteiger partial charge in [0, 0.05) is 39.9 Å². The van der Waals surface area contributed by atoms with E-state index in [-0.39, 0.29) is 0 Å². The van der Waals surface area contributed by atoms with E-state index in [1.807, 2.05) is 24.4 Å². The van der Waals surface area contributed by atoms with Gasteiger partial charge in [-0.25, -0.2) is 0 Å². The SMILES string of the molecule is Clc1ccc(Cl)c(CNc2ccc3[nH]ccc3c2)c1Cl.